The maximum atomic E-state index is 13.3. The number of nitrogens with zero attached hydrogens (tertiary/aromatic N) is 5. The van der Waals surface area contributed by atoms with Crippen molar-refractivity contribution in [1.82, 2.24) is 29.6 Å². The van der Waals surface area contributed by atoms with Crippen molar-refractivity contribution < 1.29 is 28.6 Å². The summed E-state index contributed by atoms with van der Waals surface area (Å²) in [5.41, 5.74) is 5.41. The van der Waals surface area contributed by atoms with Crippen LogP contribution in [0.4, 0.5) is 0 Å². The fourth-order valence-corrected chi connectivity index (χ4v) is 10.6. The Balaban J connectivity index is 0.763. The summed E-state index contributed by atoms with van der Waals surface area (Å²) in [6.07, 6.45) is 11.1. The molecule has 6 heterocycles. The van der Waals surface area contributed by atoms with Gasteiger partial charge in [0.25, 0.3) is 11.5 Å². The van der Waals surface area contributed by atoms with Crippen molar-refractivity contribution in [2.45, 2.75) is 103 Å². The van der Waals surface area contributed by atoms with Gasteiger partial charge < -0.3 is 28.6 Å². The number of aryl methyl sites for hydroxylation is 1. The Labute approximate surface area is 363 Å². The number of benzene rings is 2. The number of carbonyl (C=O) groups is 3. The lowest BCUT2D eigenvalue weighted by atomic mass is 9.61. The molecular formula is C49H60N6O7. The number of imide groups is 1. The first-order valence-corrected chi connectivity index (χ1v) is 22.3. The van der Waals surface area contributed by atoms with Gasteiger partial charge in [0.05, 0.1) is 31.3 Å². The van der Waals surface area contributed by atoms with E-state index in [2.05, 4.69) is 59.1 Å². The number of likely N-dealkylation sites (tertiary alicyclic amines) is 2. The van der Waals surface area contributed by atoms with Crippen LogP contribution in [0.2, 0.25) is 0 Å². The highest BCUT2D eigenvalue weighted by Gasteiger charge is 2.47. The minimum Gasteiger partial charge on any atom is -0.496 e. The number of nitrogens with one attached hydrogen (secondary N) is 1. The summed E-state index contributed by atoms with van der Waals surface area (Å²) in [5.74, 6) is 2.09. The highest BCUT2D eigenvalue weighted by atomic mass is 16.5. The Morgan fingerprint density at radius 2 is 1.56 bits per heavy atom. The molecule has 0 bridgehead atoms. The summed E-state index contributed by atoms with van der Waals surface area (Å²) in [6.45, 7) is 12.9. The summed E-state index contributed by atoms with van der Waals surface area (Å²) < 4.78 is 20.1. The van der Waals surface area contributed by atoms with Gasteiger partial charge in [0, 0.05) is 67.7 Å². The third-order valence-corrected chi connectivity index (χ3v) is 14.4. The first kappa shape index (κ1) is 42.1. The van der Waals surface area contributed by atoms with Crippen LogP contribution < -0.4 is 25.1 Å². The predicted molar refractivity (Wildman–Crippen MR) is 236 cm³/mol. The smallest absolute Gasteiger partial charge is 0.259 e. The predicted octanol–water partition coefficient (Wildman–Crippen LogP) is 6.21. The Morgan fingerprint density at radius 1 is 0.855 bits per heavy atom. The molecule has 1 spiro atoms. The van der Waals surface area contributed by atoms with Crippen LogP contribution in [0.15, 0.2) is 53.6 Å². The van der Waals surface area contributed by atoms with Gasteiger partial charge in [-0.2, -0.15) is 0 Å². The van der Waals surface area contributed by atoms with Crippen LogP contribution in [0.1, 0.15) is 99.3 Å². The number of fused-ring (bicyclic) bond motifs is 2. The summed E-state index contributed by atoms with van der Waals surface area (Å²) >= 11 is 0. The number of aromatic nitrogens is 2. The summed E-state index contributed by atoms with van der Waals surface area (Å²) in [5, 5.41) is 3.83. The van der Waals surface area contributed by atoms with Gasteiger partial charge in [-0.25, -0.2) is 0 Å². The van der Waals surface area contributed by atoms with E-state index < -0.39 is 11.9 Å². The van der Waals surface area contributed by atoms with Gasteiger partial charge in [-0.1, -0.05) is 26.8 Å². The second-order valence-electron chi connectivity index (χ2n) is 19.6. The number of ether oxygens (including phenoxy) is 3. The van der Waals surface area contributed by atoms with Crippen LogP contribution in [-0.4, -0.2) is 101 Å². The number of amides is 3. The van der Waals surface area contributed by atoms with E-state index in [-0.39, 0.29) is 35.3 Å². The lowest BCUT2D eigenvalue weighted by Crippen LogP contribution is -2.52. The topological polar surface area (TPSA) is 136 Å². The van der Waals surface area contributed by atoms with Gasteiger partial charge in [-0.3, -0.25) is 34.4 Å². The van der Waals surface area contributed by atoms with Crippen LogP contribution in [0.5, 0.6) is 17.2 Å². The van der Waals surface area contributed by atoms with Crippen molar-refractivity contribution in [3.8, 4) is 28.4 Å². The summed E-state index contributed by atoms with van der Waals surface area (Å²) in [6, 6.07) is 11.3. The molecule has 1 saturated carbocycles. The largest absolute Gasteiger partial charge is 0.496 e. The van der Waals surface area contributed by atoms with Crippen molar-refractivity contribution in [3.63, 3.8) is 0 Å². The monoisotopic (exact) mass is 844 g/mol. The molecular weight excluding hydrogens is 785 g/mol. The molecule has 5 aliphatic rings. The van der Waals surface area contributed by atoms with E-state index in [0.717, 1.165) is 110 Å². The minimum absolute atomic E-state index is 0.0737. The average molecular weight is 845 g/mol. The molecule has 4 aromatic rings. The molecule has 2 aromatic carbocycles. The molecule has 1 unspecified atom stereocenters. The van der Waals surface area contributed by atoms with E-state index in [9.17, 15) is 19.2 Å². The molecule has 3 amide bonds. The molecule has 2 aromatic heterocycles. The molecule has 9 rings (SSSR count). The normalized spacial score (nSPS) is 21.3. The standard InChI is InChI=1S/C49H60N6O7/c1-48(2,3)43-22-36-37(25-50-43)46(58)52(4)28-38(36)32-19-41(60-5)39(42(20-32)61-6)29-53-15-11-30(12-16-53)26-54-17-13-49(14-18-54)23-34(24-49)62-33-8-7-31-27-55(47(59)35(31)21-33)40-9-10-44(56)51-45(40)57/h7-8,19-22,25,28,30,34,40H,9-18,23-24,26-27,29H2,1-6H3,(H,51,56,57). The molecule has 1 aliphatic carbocycles. The van der Waals surface area contributed by atoms with E-state index in [1.807, 2.05) is 24.4 Å². The van der Waals surface area contributed by atoms with Crippen LogP contribution in [0, 0.1) is 11.3 Å². The fraction of sp³-hybridized carbons (Fsp3) is 0.531. The fourth-order valence-electron chi connectivity index (χ4n) is 10.6. The SMILES string of the molecule is COc1cc(-c2cn(C)c(=O)c3cnc(C(C)(C)C)cc23)cc(OC)c1CN1CCC(CN2CCC3(CC2)CC(Oc2ccc4c(c2)C(=O)N(C2CCC(=O)NC2=O)C4)C3)CC1. The Hall–Kier alpha value is -5.27. The van der Waals surface area contributed by atoms with Gasteiger partial charge >= 0.3 is 0 Å². The van der Waals surface area contributed by atoms with E-state index >= 15 is 0 Å². The van der Waals surface area contributed by atoms with Gasteiger partial charge in [-0.15, -0.1) is 0 Å². The van der Waals surface area contributed by atoms with E-state index in [1.54, 1.807) is 36.9 Å². The molecule has 4 aliphatic heterocycles. The van der Waals surface area contributed by atoms with Crippen molar-refractivity contribution in [1.29, 1.82) is 0 Å². The number of pyridine rings is 2. The second-order valence-corrected chi connectivity index (χ2v) is 19.6. The van der Waals surface area contributed by atoms with Crippen LogP contribution in [-0.2, 0) is 35.1 Å². The number of hydrogen-bond donors (Lipinski definition) is 1. The molecule has 13 heteroatoms. The minimum atomic E-state index is -0.615. The second kappa shape index (κ2) is 16.5. The molecule has 0 radical (unpaired) electrons. The summed E-state index contributed by atoms with van der Waals surface area (Å²) in [7, 11) is 5.21. The van der Waals surface area contributed by atoms with Crippen molar-refractivity contribution in [3.05, 3.63) is 81.5 Å². The Bertz CT molecular complexity index is 2440. The third kappa shape index (κ3) is 8.09. The molecule has 3 saturated heterocycles. The van der Waals surface area contributed by atoms with Crippen molar-refractivity contribution >= 4 is 28.5 Å². The zero-order chi connectivity index (χ0) is 43.5. The van der Waals surface area contributed by atoms with E-state index in [0.29, 0.717) is 41.0 Å². The molecule has 62 heavy (non-hydrogen) atoms. The van der Waals surface area contributed by atoms with Gasteiger partial charge in [-0.05, 0) is 129 Å². The van der Waals surface area contributed by atoms with Gasteiger partial charge in [0.2, 0.25) is 11.8 Å². The van der Waals surface area contributed by atoms with E-state index in [1.165, 1.54) is 12.8 Å². The zero-order valence-electron chi connectivity index (χ0n) is 37.1. The Kier molecular flexibility index (Phi) is 11.2. The van der Waals surface area contributed by atoms with Crippen molar-refractivity contribution in [2.75, 3.05) is 46.9 Å². The highest BCUT2D eigenvalue weighted by Crippen LogP contribution is 2.51. The number of hydrogen-bond acceptors (Lipinski definition) is 10. The quantitative estimate of drug-likeness (QED) is 0.184. The number of piperidine rings is 3. The van der Waals surface area contributed by atoms with Crippen molar-refractivity contribution in [2.24, 2.45) is 18.4 Å². The first-order valence-electron chi connectivity index (χ1n) is 22.3. The molecule has 4 fully saturated rings. The lowest BCUT2D eigenvalue weighted by molar-refractivity contribution is -0.136. The average Bonchev–Trinajstić information content (AvgIpc) is 3.57. The zero-order valence-corrected chi connectivity index (χ0v) is 37.1. The number of rotatable bonds is 10. The molecule has 13 nitrogen and oxygen atoms in total. The Morgan fingerprint density at radius 3 is 2.23 bits per heavy atom. The van der Waals surface area contributed by atoms with E-state index in [4.69, 9.17) is 14.2 Å². The lowest BCUT2D eigenvalue weighted by Gasteiger charge is -2.52. The van der Waals surface area contributed by atoms with Gasteiger partial charge in [0.1, 0.15) is 23.3 Å². The number of methoxy groups -OCH3 is 2. The third-order valence-electron chi connectivity index (χ3n) is 14.4. The van der Waals surface area contributed by atoms with Crippen LogP contribution in [0.3, 0.4) is 0 Å². The molecule has 328 valence electrons. The van der Waals surface area contributed by atoms with Gasteiger partial charge in [0.15, 0.2) is 0 Å². The maximum Gasteiger partial charge on any atom is 0.259 e. The summed E-state index contributed by atoms with van der Waals surface area (Å²) in [4.78, 5) is 62.0. The van der Waals surface area contributed by atoms with Crippen LogP contribution in [0.25, 0.3) is 21.9 Å². The highest BCUT2D eigenvalue weighted by molar-refractivity contribution is 6.05. The maximum absolute atomic E-state index is 13.3. The first-order chi connectivity index (χ1) is 29.7. The molecule has 1 N–H and O–H groups in total. The molecule has 1 atom stereocenters. The number of carbonyl (C=O) groups excluding carboxylic acids is 3. The van der Waals surface area contributed by atoms with Crippen LogP contribution >= 0.6 is 0 Å².